The summed E-state index contributed by atoms with van der Waals surface area (Å²) in [4.78, 5) is 34.1. The number of non-ortho nitro benzene ring substituents is 1. The largest absolute Gasteiger partial charge is 0.490 e. The first kappa shape index (κ1) is 29.1. The highest BCUT2D eigenvalue weighted by molar-refractivity contribution is 6.10. The van der Waals surface area contributed by atoms with Gasteiger partial charge in [-0.3, -0.25) is 25.0 Å². The Hall–Kier alpha value is -5.50. The van der Waals surface area contributed by atoms with Crippen LogP contribution in [-0.4, -0.2) is 22.4 Å². The van der Waals surface area contributed by atoms with Crippen LogP contribution in [-0.2, 0) is 11.2 Å². The van der Waals surface area contributed by atoms with E-state index in [1.54, 1.807) is 25.1 Å². The van der Waals surface area contributed by atoms with Crippen LogP contribution in [0.15, 0.2) is 66.8 Å². The molecule has 11 heteroatoms. The van der Waals surface area contributed by atoms with Crippen molar-refractivity contribution in [2.75, 3.05) is 11.9 Å². The van der Waals surface area contributed by atoms with Gasteiger partial charge in [-0.05, 0) is 68.7 Å². The lowest BCUT2D eigenvalue weighted by Gasteiger charge is -2.17. The average Bonchev–Trinajstić information content (AvgIpc) is 2.90. The van der Waals surface area contributed by atoms with E-state index in [1.807, 2.05) is 32.0 Å². The summed E-state index contributed by atoms with van der Waals surface area (Å²) in [6, 6.07) is 13.7. The van der Waals surface area contributed by atoms with Gasteiger partial charge in [-0.25, -0.2) is 0 Å². The Morgan fingerprint density at radius 2 is 1.82 bits per heavy atom. The minimum Gasteiger partial charge on any atom is -0.490 e. The van der Waals surface area contributed by atoms with Crippen molar-refractivity contribution in [2.45, 2.75) is 27.2 Å². The molecule has 0 aliphatic rings. The van der Waals surface area contributed by atoms with Crippen LogP contribution in [0.2, 0.25) is 0 Å². The summed E-state index contributed by atoms with van der Waals surface area (Å²) in [5.74, 6) is -0.503. The summed E-state index contributed by atoms with van der Waals surface area (Å²) in [6.45, 7) is 9.46. The molecule has 0 fully saturated rings. The molecule has 0 spiro atoms. The molecule has 0 saturated heterocycles. The number of anilines is 1. The van der Waals surface area contributed by atoms with Crippen LogP contribution in [0.25, 0.3) is 6.08 Å². The molecule has 0 unspecified atom stereocenters. The second-order valence-corrected chi connectivity index (χ2v) is 8.64. The number of nitrogens with one attached hydrogen (secondary N) is 1. The van der Waals surface area contributed by atoms with Crippen molar-refractivity contribution < 1.29 is 24.1 Å². The van der Waals surface area contributed by atoms with Crippen LogP contribution in [0.5, 0.6) is 17.2 Å². The van der Waals surface area contributed by atoms with E-state index in [4.69, 9.17) is 9.47 Å². The lowest BCUT2D eigenvalue weighted by atomic mass is 10.0. The average molecular weight is 543 g/mol. The first-order chi connectivity index (χ1) is 19.1. The number of amides is 1. The number of nitro groups is 2. The molecular weight excluding hydrogens is 516 g/mol. The Morgan fingerprint density at radius 1 is 1.07 bits per heavy atom. The maximum atomic E-state index is 12.9. The van der Waals surface area contributed by atoms with Gasteiger partial charge in [0.1, 0.15) is 11.6 Å². The number of hydrogen-bond acceptors (Lipinski definition) is 8. The van der Waals surface area contributed by atoms with Crippen LogP contribution < -0.4 is 14.8 Å². The van der Waals surface area contributed by atoms with Crippen molar-refractivity contribution in [1.82, 2.24) is 0 Å². The van der Waals surface area contributed by atoms with E-state index in [0.29, 0.717) is 16.8 Å². The second kappa shape index (κ2) is 12.8. The van der Waals surface area contributed by atoms with Gasteiger partial charge in [0.05, 0.1) is 22.5 Å². The van der Waals surface area contributed by atoms with E-state index in [1.165, 1.54) is 12.1 Å². The number of benzene rings is 3. The highest BCUT2D eigenvalue weighted by Gasteiger charge is 2.24. The van der Waals surface area contributed by atoms with Crippen molar-refractivity contribution >= 4 is 29.0 Å². The number of ether oxygens (including phenoxy) is 2. The molecule has 204 valence electrons. The highest BCUT2D eigenvalue weighted by Crippen LogP contribution is 2.41. The zero-order valence-electron chi connectivity index (χ0n) is 22.1. The highest BCUT2D eigenvalue weighted by atomic mass is 16.6. The minimum atomic E-state index is -0.777. The number of aryl methyl sites for hydroxylation is 2. The molecule has 0 radical (unpaired) electrons. The molecule has 0 atom stereocenters. The van der Waals surface area contributed by atoms with Crippen LogP contribution in [0.4, 0.5) is 17.1 Å². The van der Waals surface area contributed by atoms with Crippen molar-refractivity contribution in [3.63, 3.8) is 0 Å². The molecule has 40 heavy (non-hydrogen) atoms. The van der Waals surface area contributed by atoms with Crippen LogP contribution in [0.3, 0.4) is 0 Å². The fourth-order valence-corrected chi connectivity index (χ4v) is 3.87. The van der Waals surface area contributed by atoms with Gasteiger partial charge < -0.3 is 14.8 Å². The standard InChI is InChI=1S/C29H26N4O7/c1-5-7-21-13-20(14-22(17-30)29(34)31-24-10-8-18(3)12-19(24)4)15-27(39-6-2)28(21)40-26-11-9-23(32(35)36)16-25(26)33(37)38/h5,8-16H,1,6-7H2,2-4H3,(H,31,34)/b22-14+. The molecule has 3 aromatic rings. The van der Waals surface area contributed by atoms with E-state index in [2.05, 4.69) is 11.9 Å². The number of nitrogens with zero attached hydrogens (tertiary/aromatic N) is 3. The third-order valence-electron chi connectivity index (χ3n) is 5.69. The van der Waals surface area contributed by atoms with Crippen molar-refractivity contribution in [1.29, 1.82) is 5.26 Å². The molecule has 0 heterocycles. The summed E-state index contributed by atoms with van der Waals surface area (Å²) in [5.41, 5.74) is 2.17. The smallest absolute Gasteiger partial charge is 0.318 e. The van der Waals surface area contributed by atoms with Crippen LogP contribution in [0.1, 0.15) is 29.2 Å². The zero-order valence-corrected chi connectivity index (χ0v) is 22.1. The molecule has 0 aliphatic heterocycles. The Morgan fingerprint density at radius 3 is 2.42 bits per heavy atom. The number of carbonyl (C=O) groups is 1. The van der Waals surface area contributed by atoms with Gasteiger partial charge in [0.25, 0.3) is 11.6 Å². The maximum absolute atomic E-state index is 12.9. The normalized spacial score (nSPS) is 10.8. The Balaban J connectivity index is 2.06. The van der Waals surface area contributed by atoms with Crippen LogP contribution >= 0.6 is 0 Å². The topological polar surface area (TPSA) is 158 Å². The predicted octanol–water partition coefficient (Wildman–Crippen LogP) is 6.59. The lowest BCUT2D eigenvalue weighted by Crippen LogP contribution is -2.14. The number of hydrogen-bond donors (Lipinski definition) is 1. The maximum Gasteiger partial charge on any atom is 0.318 e. The molecular formula is C29H26N4O7. The molecule has 0 bridgehead atoms. The molecule has 1 amide bonds. The lowest BCUT2D eigenvalue weighted by molar-refractivity contribution is -0.394. The third kappa shape index (κ3) is 6.87. The van der Waals surface area contributed by atoms with Crippen LogP contribution in [0, 0.1) is 45.4 Å². The SMILES string of the molecule is C=CCc1cc(/C=C(\C#N)C(=O)Nc2ccc(C)cc2C)cc(OCC)c1Oc1ccc([N+](=O)[O-])cc1[N+](=O)[O-]. The number of nitro benzene ring substituents is 2. The van der Waals surface area contributed by atoms with Gasteiger partial charge in [0, 0.05) is 17.3 Å². The minimum absolute atomic E-state index is 0.133. The van der Waals surface area contributed by atoms with Gasteiger partial charge in [-0.15, -0.1) is 6.58 Å². The van der Waals surface area contributed by atoms with Gasteiger partial charge in [0.2, 0.25) is 5.75 Å². The molecule has 3 rings (SSSR count). The summed E-state index contributed by atoms with van der Waals surface area (Å²) >= 11 is 0. The van der Waals surface area contributed by atoms with Crippen molar-refractivity contribution in [3.8, 4) is 23.3 Å². The van der Waals surface area contributed by atoms with Gasteiger partial charge in [0.15, 0.2) is 11.5 Å². The Bertz CT molecular complexity index is 1570. The number of carbonyl (C=O) groups excluding carboxylic acids is 1. The monoisotopic (exact) mass is 542 g/mol. The first-order valence-electron chi connectivity index (χ1n) is 12.1. The van der Waals surface area contributed by atoms with Crippen molar-refractivity contribution in [2.24, 2.45) is 0 Å². The van der Waals surface area contributed by atoms with Gasteiger partial charge >= 0.3 is 5.69 Å². The van der Waals surface area contributed by atoms with E-state index < -0.39 is 27.1 Å². The Kier molecular flexibility index (Phi) is 9.33. The molecule has 1 N–H and O–H groups in total. The van der Waals surface area contributed by atoms with Gasteiger partial charge in [-0.1, -0.05) is 23.8 Å². The Labute approximate surface area is 230 Å². The van der Waals surface area contributed by atoms with E-state index in [9.17, 15) is 30.3 Å². The zero-order chi connectivity index (χ0) is 29.4. The molecule has 0 aromatic heterocycles. The number of rotatable bonds is 11. The van der Waals surface area contributed by atoms with E-state index >= 15 is 0 Å². The fraction of sp³-hybridized carbons (Fsp3) is 0.172. The molecule has 3 aromatic carbocycles. The fourth-order valence-electron chi connectivity index (χ4n) is 3.87. The second-order valence-electron chi connectivity index (χ2n) is 8.64. The third-order valence-corrected chi connectivity index (χ3v) is 5.69. The summed E-state index contributed by atoms with van der Waals surface area (Å²) in [6.07, 6.45) is 3.22. The van der Waals surface area contributed by atoms with Crippen molar-refractivity contribution in [3.05, 3.63) is 109 Å². The summed E-state index contributed by atoms with van der Waals surface area (Å²) in [5, 5.41) is 35.2. The molecule has 0 aliphatic carbocycles. The van der Waals surface area contributed by atoms with E-state index in [0.717, 1.165) is 29.3 Å². The first-order valence-corrected chi connectivity index (χ1v) is 12.1. The van der Waals surface area contributed by atoms with E-state index in [-0.39, 0.29) is 35.8 Å². The quantitative estimate of drug-likeness (QED) is 0.0935. The molecule has 0 saturated carbocycles. The number of allylic oxidation sites excluding steroid dienone is 1. The predicted molar refractivity (Wildman–Crippen MR) is 149 cm³/mol. The molecule has 11 nitrogen and oxygen atoms in total. The summed E-state index contributed by atoms with van der Waals surface area (Å²) in [7, 11) is 0. The number of nitriles is 1. The van der Waals surface area contributed by atoms with Gasteiger partial charge in [-0.2, -0.15) is 5.26 Å². The summed E-state index contributed by atoms with van der Waals surface area (Å²) < 4.78 is 11.7.